The Morgan fingerprint density at radius 3 is 3.13 bits per heavy atom. The molecule has 2 atom stereocenters. The minimum absolute atomic E-state index is 0.220. The number of rotatable bonds is 3. The number of carbonyl (C=O) groups is 1. The molecule has 0 aromatic rings. The van der Waals surface area contributed by atoms with Crippen molar-refractivity contribution in [3.63, 3.8) is 0 Å². The third-order valence-electron chi connectivity index (χ3n) is 5.16. The van der Waals surface area contributed by atoms with Crippen LogP contribution < -0.4 is 0 Å². The molecule has 0 radical (unpaired) electrons. The van der Waals surface area contributed by atoms with Gasteiger partial charge in [0.05, 0.1) is 6.04 Å². The summed E-state index contributed by atoms with van der Waals surface area (Å²) in [6, 6.07) is 0.275. The lowest BCUT2D eigenvalue weighted by atomic mass is 9.78. The number of alkyl halides is 1. The lowest BCUT2D eigenvalue weighted by Gasteiger charge is -2.44. The molecule has 1 fully saturated rings. The second-order valence-electron chi connectivity index (χ2n) is 6.44. The van der Waals surface area contributed by atoms with E-state index < -0.39 is 5.60 Å². The Kier molecular flexibility index (Phi) is 5.14. The van der Waals surface area contributed by atoms with E-state index in [0.29, 0.717) is 5.88 Å². The van der Waals surface area contributed by atoms with Gasteiger partial charge in [0.1, 0.15) is 0 Å². The lowest BCUT2D eigenvalue weighted by Crippen LogP contribution is -2.55. The van der Waals surface area contributed by atoms with E-state index in [-0.39, 0.29) is 12.0 Å². The zero-order valence-electron chi connectivity index (χ0n) is 13.7. The summed E-state index contributed by atoms with van der Waals surface area (Å²) in [5, 5.41) is 0. The molecule has 3 heterocycles. The van der Waals surface area contributed by atoms with Crippen LogP contribution in [0.3, 0.4) is 0 Å². The van der Waals surface area contributed by atoms with Gasteiger partial charge in [-0.2, -0.15) is 0 Å². The number of ether oxygens (including phenoxy) is 1. The molecule has 0 N–H and O–H groups in total. The molecule has 0 aromatic carbocycles. The fourth-order valence-corrected chi connectivity index (χ4v) is 4.18. The van der Waals surface area contributed by atoms with Crippen LogP contribution in [0.2, 0.25) is 0 Å². The van der Waals surface area contributed by atoms with E-state index in [1.807, 2.05) is 0 Å². The Labute approximate surface area is 143 Å². The number of esters is 1. The summed E-state index contributed by atoms with van der Waals surface area (Å²) >= 11 is 5.72. The molecule has 1 saturated heterocycles. The predicted octanol–water partition coefficient (Wildman–Crippen LogP) is 3.44. The average Bonchev–Trinajstić information content (AvgIpc) is 2.86. The van der Waals surface area contributed by atoms with Crippen molar-refractivity contribution in [2.45, 2.75) is 57.1 Å². The lowest BCUT2D eigenvalue weighted by molar-refractivity contribution is -0.153. The zero-order valence-corrected chi connectivity index (χ0v) is 14.5. The summed E-state index contributed by atoms with van der Waals surface area (Å²) in [7, 11) is 0. The zero-order chi connectivity index (χ0) is 16.3. The first-order valence-corrected chi connectivity index (χ1v) is 9.19. The van der Waals surface area contributed by atoms with Crippen LogP contribution >= 0.6 is 11.6 Å². The summed E-state index contributed by atoms with van der Waals surface area (Å²) in [6.07, 6.45) is 9.82. The Bertz CT molecular complexity index is 598. The maximum absolute atomic E-state index is 12.1. The quantitative estimate of drug-likeness (QED) is 0.343. The van der Waals surface area contributed by atoms with Gasteiger partial charge in [0.15, 0.2) is 5.60 Å². The van der Waals surface area contributed by atoms with Crippen molar-refractivity contribution in [3.05, 3.63) is 23.3 Å². The molecule has 4 heteroatoms. The molecule has 3 aliphatic rings. The molecule has 0 saturated carbocycles. The predicted molar refractivity (Wildman–Crippen MR) is 92.2 cm³/mol. The molecule has 0 aromatic heterocycles. The number of carbonyl (C=O) groups excluding carboxylic acids is 1. The Balaban J connectivity index is 1.97. The van der Waals surface area contributed by atoms with Crippen molar-refractivity contribution in [3.8, 4) is 11.8 Å². The van der Waals surface area contributed by atoms with Gasteiger partial charge < -0.3 is 4.74 Å². The maximum atomic E-state index is 12.1. The normalized spacial score (nSPS) is 30.2. The molecule has 3 nitrogen and oxygen atoms in total. The van der Waals surface area contributed by atoms with Crippen LogP contribution in [0.25, 0.3) is 0 Å². The van der Waals surface area contributed by atoms with Gasteiger partial charge in [0.25, 0.3) is 0 Å². The van der Waals surface area contributed by atoms with E-state index in [2.05, 4.69) is 29.7 Å². The maximum Gasteiger partial charge on any atom is 0.332 e. The van der Waals surface area contributed by atoms with Gasteiger partial charge in [-0.3, -0.25) is 4.90 Å². The third-order valence-corrected chi connectivity index (χ3v) is 5.42. The Morgan fingerprint density at radius 1 is 1.48 bits per heavy atom. The van der Waals surface area contributed by atoms with Gasteiger partial charge in [-0.15, -0.1) is 11.6 Å². The highest BCUT2D eigenvalue weighted by atomic mass is 35.5. The number of halogens is 1. The van der Waals surface area contributed by atoms with E-state index in [1.165, 1.54) is 12.8 Å². The van der Waals surface area contributed by atoms with Gasteiger partial charge in [0.2, 0.25) is 0 Å². The largest absolute Gasteiger partial charge is 0.449 e. The SMILES string of the molecule is CC[C@]12OC(=O)C=C1C(C#CCCCCl)=CCN1CCCCC12. The van der Waals surface area contributed by atoms with Crippen LogP contribution in [0.15, 0.2) is 23.3 Å². The summed E-state index contributed by atoms with van der Waals surface area (Å²) in [5.41, 5.74) is 1.46. The van der Waals surface area contributed by atoms with Crippen LogP contribution in [0, 0.1) is 11.8 Å². The molecule has 23 heavy (non-hydrogen) atoms. The standard InChI is InChI=1S/C19H24ClNO2/c1-2-19-16(14-18(22)23-19)15(8-4-3-6-11-20)10-13-21-12-7-5-9-17(19)21/h10,14,17H,2-3,5-7,9,11-13H2,1H3/t17?,19-/m0/s1. The second-order valence-corrected chi connectivity index (χ2v) is 6.82. The van der Waals surface area contributed by atoms with E-state index in [1.54, 1.807) is 6.08 Å². The first-order valence-electron chi connectivity index (χ1n) is 8.66. The molecule has 0 amide bonds. The summed E-state index contributed by atoms with van der Waals surface area (Å²) in [4.78, 5) is 14.5. The number of hydrogen-bond acceptors (Lipinski definition) is 3. The number of nitrogens with zero attached hydrogens (tertiary/aromatic N) is 1. The number of unbranched alkanes of at least 4 members (excludes halogenated alkanes) is 1. The summed E-state index contributed by atoms with van der Waals surface area (Å²) in [5.74, 6) is 6.90. The molecule has 0 bridgehead atoms. The van der Waals surface area contributed by atoms with Crippen LogP contribution in [-0.4, -0.2) is 41.5 Å². The van der Waals surface area contributed by atoms with Crippen molar-refractivity contribution in [2.75, 3.05) is 19.0 Å². The minimum atomic E-state index is -0.513. The van der Waals surface area contributed by atoms with Gasteiger partial charge in [-0.05, 0) is 32.2 Å². The fraction of sp³-hybridized carbons (Fsp3) is 0.632. The molecule has 0 spiro atoms. The average molecular weight is 334 g/mol. The molecule has 0 aliphatic carbocycles. The highest BCUT2D eigenvalue weighted by Crippen LogP contribution is 2.45. The van der Waals surface area contributed by atoms with Crippen LogP contribution in [-0.2, 0) is 9.53 Å². The van der Waals surface area contributed by atoms with E-state index >= 15 is 0 Å². The molecular weight excluding hydrogens is 310 g/mol. The first kappa shape index (κ1) is 16.6. The highest BCUT2D eigenvalue weighted by molar-refractivity contribution is 6.17. The van der Waals surface area contributed by atoms with Crippen LogP contribution in [0.1, 0.15) is 45.4 Å². The van der Waals surface area contributed by atoms with Crippen molar-refractivity contribution < 1.29 is 9.53 Å². The van der Waals surface area contributed by atoms with E-state index in [9.17, 15) is 4.79 Å². The molecule has 1 unspecified atom stereocenters. The smallest absolute Gasteiger partial charge is 0.332 e. The van der Waals surface area contributed by atoms with Crippen molar-refractivity contribution in [1.29, 1.82) is 0 Å². The van der Waals surface area contributed by atoms with E-state index in [0.717, 1.165) is 49.9 Å². The molecular formula is C19H24ClNO2. The minimum Gasteiger partial charge on any atom is -0.449 e. The molecule has 3 aliphatic heterocycles. The second kappa shape index (κ2) is 7.11. The van der Waals surface area contributed by atoms with Crippen LogP contribution in [0.5, 0.6) is 0 Å². The Morgan fingerprint density at radius 2 is 2.35 bits per heavy atom. The van der Waals surface area contributed by atoms with E-state index in [4.69, 9.17) is 16.3 Å². The van der Waals surface area contributed by atoms with Gasteiger partial charge in [-0.25, -0.2) is 4.79 Å². The van der Waals surface area contributed by atoms with Gasteiger partial charge in [-0.1, -0.05) is 31.3 Å². The number of fused-ring (bicyclic) bond motifs is 3. The fourth-order valence-electron chi connectivity index (χ4n) is 4.04. The van der Waals surface area contributed by atoms with Gasteiger partial charge in [0, 0.05) is 36.1 Å². The summed E-state index contributed by atoms with van der Waals surface area (Å²) < 4.78 is 5.91. The van der Waals surface area contributed by atoms with Gasteiger partial charge >= 0.3 is 5.97 Å². The molecule has 3 rings (SSSR count). The monoisotopic (exact) mass is 333 g/mol. The molecule has 124 valence electrons. The van der Waals surface area contributed by atoms with Crippen LogP contribution in [0.4, 0.5) is 0 Å². The van der Waals surface area contributed by atoms with Crippen molar-refractivity contribution in [1.82, 2.24) is 4.90 Å². The highest BCUT2D eigenvalue weighted by Gasteiger charge is 2.52. The summed E-state index contributed by atoms with van der Waals surface area (Å²) in [6.45, 7) is 4.07. The third kappa shape index (κ3) is 3.07. The van der Waals surface area contributed by atoms with Crippen molar-refractivity contribution in [2.24, 2.45) is 0 Å². The first-order chi connectivity index (χ1) is 11.2. The topological polar surface area (TPSA) is 29.5 Å². The van der Waals surface area contributed by atoms with Crippen molar-refractivity contribution >= 4 is 17.6 Å². The Hall–Kier alpha value is -1.24. The number of hydrogen-bond donors (Lipinski definition) is 0. The number of piperidine rings is 1.